The summed E-state index contributed by atoms with van der Waals surface area (Å²) in [6, 6.07) is 9.18. The van der Waals surface area contributed by atoms with E-state index in [1.54, 1.807) is 12.1 Å². The Kier molecular flexibility index (Phi) is 6.17. The van der Waals surface area contributed by atoms with Gasteiger partial charge in [-0.15, -0.1) is 0 Å². The summed E-state index contributed by atoms with van der Waals surface area (Å²) in [4.78, 5) is 33.0. The van der Waals surface area contributed by atoms with Gasteiger partial charge in [-0.1, -0.05) is 30.3 Å². The summed E-state index contributed by atoms with van der Waals surface area (Å²) in [6.45, 7) is 7.13. The number of aryl methyl sites for hydroxylation is 1. The number of hydrogen-bond acceptors (Lipinski definition) is 4. The Morgan fingerprint density at radius 1 is 1.00 bits per heavy atom. The van der Waals surface area contributed by atoms with Crippen LogP contribution in [0.4, 0.5) is 0 Å². The molecule has 138 valence electrons. The second-order valence-corrected chi connectivity index (χ2v) is 6.68. The molecule has 0 atom stereocenters. The SMILES string of the molecule is Cc1nccn1CCN1CCN(C(=O)CCC(=O)c2ccccc2)CC1. The van der Waals surface area contributed by atoms with Gasteiger partial charge in [0.1, 0.15) is 5.82 Å². The minimum absolute atomic E-state index is 0.0355. The molecule has 0 bridgehead atoms. The van der Waals surface area contributed by atoms with E-state index in [1.807, 2.05) is 42.4 Å². The van der Waals surface area contributed by atoms with E-state index < -0.39 is 0 Å². The van der Waals surface area contributed by atoms with Gasteiger partial charge in [-0.3, -0.25) is 14.5 Å². The maximum atomic E-state index is 12.4. The lowest BCUT2D eigenvalue weighted by Crippen LogP contribution is -2.49. The van der Waals surface area contributed by atoms with Crippen LogP contribution in [0.5, 0.6) is 0 Å². The molecule has 6 heteroatoms. The Morgan fingerprint density at radius 3 is 2.38 bits per heavy atom. The molecule has 1 fully saturated rings. The van der Waals surface area contributed by atoms with Gasteiger partial charge in [-0.05, 0) is 6.92 Å². The lowest BCUT2D eigenvalue weighted by Gasteiger charge is -2.34. The fraction of sp³-hybridized carbons (Fsp3) is 0.450. The first-order chi connectivity index (χ1) is 12.6. The number of aromatic nitrogens is 2. The van der Waals surface area contributed by atoms with E-state index in [9.17, 15) is 9.59 Å². The second kappa shape index (κ2) is 8.76. The van der Waals surface area contributed by atoms with Gasteiger partial charge in [-0.25, -0.2) is 4.98 Å². The first kappa shape index (κ1) is 18.3. The van der Waals surface area contributed by atoms with Crippen molar-refractivity contribution in [2.45, 2.75) is 26.3 Å². The number of carbonyl (C=O) groups is 2. The number of ketones is 1. The third-order valence-electron chi connectivity index (χ3n) is 4.97. The van der Waals surface area contributed by atoms with Crippen LogP contribution < -0.4 is 0 Å². The minimum Gasteiger partial charge on any atom is -0.340 e. The van der Waals surface area contributed by atoms with E-state index in [4.69, 9.17) is 0 Å². The van der Waals surface area contributed by atoms with Crippen molar-refractivity contribution in [2.24, 2.45) is 0 Å². The maximum Gasteiger partial charge on any atom is 0.223 e. The van der Waals surface area contributed by atoms with Crippen LogP contribution in [0.1, 0.15) is 29.0 Å². The topological polar surface area (TPSA) is 58.4 Å². The van der Waals surface area contributed by atoms with Gasteiger partial charge in [0.05, 0.1) is 0 Å². The molecule has 0 unspecified atom stereocenters. The minimum atomic E-state index is 0.0355. The molecule has 1 aliphatic rings. The van der Waals surface area contributed by atoms with Crippen LogP contribution in [-0.2, 0) is 11.3 Å². The van der Waals surface area contributed by atoms with Crippen molar-refractivity contribution in [1.82, 2.24) is 19.4 Å². The summed E-state index contributed by atoms with van der Waals surface area (Å²) in [5.41, 5.74) is 0.680. The average molecular weight is 354 g/mol. The highest BCUT2D eigenvalue weighted by Gasteiger charge is 2.21. The molecule has 0 saturated carbocycles. The zero-order chi connectivity index (χ0) is 18.4. The van der Waals surface area contributed by atoms with Crippen LogP contribution >= 0.6 is 0 Å². The van der Waals surface area contributed by atoms with Crippen LogP contribution in [0.15, 0.2) is 42.7 Å². The standard InChI is InChI=1S/C20H26N4O2/c1-17-21-9-10-23(17)14-11-22-12-15-24(16-13-22)20(26)8-7-19(25)18-5-3-2-4-6-18/h2-6,9-10H,7-8,11-16H2,1H3. The van der Waals surface area contributed by atoms with Crippen molar-refractivity contribution in [3.63, 3.8) is 0 Å². The molecule has 6 nitrogen and oxygen atoms in total. The molecule has 1 aliphatic heterocycles. The monoisotopic (exact) mass is 354 g/mol. The van der Waals surface area contributed by atoms with Crippen LogP contribution in [0.2, 0.25) is 0 Å². The third-order valence-corrected chi connectivity index (χ3v) is 4.97. The first-order valence-electron chi connectivity index (χ1n) is 9.19. The highest BCUT2D eigenvalue weighted by molar-refractivity contribution is 5.97. The van der Waals surface area contributed by atoms with Crippen LogP contribution in [0, 0.1) is 6.92 Å². The Hall–Kier alpha value is -2.47. The fourth-order valence-corrected chi connectivity index (χ4v) is 3.26. The molecule has 2 heterocycles. The Morgan fingerprint density at radius 2 is 1.73 bits per heavy atom. The number of Topliss-reactive ketones (excluding diaryl/α,β-unsaturated/α-hetero) is 1. The Balaban J connectivity index is 1.38. The van der Waals surface area contributed by atoms with Gasteiger partial charge in [-0.2, -0.15) is 0 Å². The van der Waals surface area contributed by atoms with Gasteiger partial charge in [0.2, 0.25) is 5.91 Å². The summed E-state index contributed by atoms with van der Waals surface area (Å²) < 4.78 is 2.15. The van der Waals surface area contributed by atoms with Crippen molar-refractivity contribution in [1.29, 1.82) is 0 Å². The Labute approximate surface area is 154 Å². The zero-order valence-electron chi connectivity index (χ0n) is 15.3. The molecular weight excluding hydrogens is 328 g/mol. The summed E-state index contributed by atoms with van der Waals surface area (Å²) in [6.07, 6.45) is 4.40. The summed E-state index contributed by atoms with van der Waals surface area (Å²) in [7, 11) is 0. The van der Waals surface area contributed by atoms with Crippen molar-refractivity contribution in [2.75, 3.05) is 32.7 Å². The molecule has 0 radical (unpaired) electrons. The van der Waals surface area contributed by atoms with Gasteiger partial charge in [0, 0.05) is 70.1 Å². The van der Waals surface area contributed by atoms with E-state index >= 15 is 0 Å². The second-order valence-electron chi connectivity index (χ2n) is 6.68. The van der Waals surface area contributed by atoms with Gasteiger partial charge in [0.15, 0.2) is 5.78 Å². The largest absolute Gasteiger partial charge is 0.340 e. The molecule has 0 N–H and O–H groups in total. The van der Waals surface area contributed by atoms with Crippen molar-refractivity contribution < 1.29 is 9.59 Å². The van der Waals surface area contributed by atoms with E-state index in [0.29, 0.717) is 12.0 Å². The van der Waals surface area contributed by atoms with Crippen LogP contribution in [0.3, 0.4) is 0 Å². The van der Waals surface area contributed by atoms with Crippen LogP contribution in [-0.4, -0.2) is 63.8 Å². The fourth-order valence-electron chi connectivity index (χ4n) is 3.26. The lowest BCUT2D eigenvalue weighted by atomic mass is 10.1. The molecule has 2 aromatic rings. The highest BCUT2D eigenvalue weighted by Crippen LogP contribution is 2.09. The van der Waals surface area contributed by atoms with Crippen LogP contribution in [0.25, 0.3) is 0 Å². The Bertz CT molecular complexity index is 733. The quantitative estimate of drug-likeness (QED) is 0.714. The molecule has 3 rings (SSSR count). The van der Waals surface area contributed by atoms with Crippen molar-refractivity contribution >= 4 is 11.7 Å². The molecule has 1 amide bonds. The van der Waals surface area contributed by atoms with E-state index in [0.717, 1.165) is 45.1 Å². The number of carbonyl (C=O) groups excluding carboxylic acids is 2. The number of piperazine rings is 1. The molecular formula is C20H26N4O2. The zero-order valence-corrected chi connectivity index (χ0v) is 15.3. The molecule has 0 spiro atoms. The predicted molar refractivity (Wildman–Crippen MR) is 100.0 cm³/mol. The lowest BCUT2D eigenvalue weighted by molar-refractivity contribution is -0.132. The maximum absolute atomic E-state index is 12.4. The smallest absolute Gasteiger partial charge is 0.223 e. The van der Waals surface area contributed by atoms with E-state index in [-0.39, 0.29) is 18.1 Å². The van der Waals surface area contributed by atoms with Crippen molar-refractivity contribution in [3.05, 3.63) is 54.1 Å². The summed E-state index contributed by atoms with van der Waals surface area (Å²) in [5, 5.41) is 0. The third kappa shape index (κ3) is 4.79. The first-order valence-corrected chi connectivity index (χ1v) is 9.19. The van der Waals surface area contributed by atoms with E-state index in [2.05, 4.69) is 14.5 Å². The molecule has 1 aromatic carbocycles. The summed E-state index contributed by atoms with van der Waals surface area (Å²) in [5.74, 6) is 1.15. The summed E-state index contributed by atoms with van der Waals surface area (Å²) >= 11 is 0. The number of amides is 1. The van der Waals surface area contributed by atoms with Gasteiger partial charge in [0.25, 0.3) is 0 Å². The molecule has 0 aliphatic carbocycles. The highest BCUT2D eigenvalue weighted by atomic mass is 16.2. The normalized spacial score (nSPS) is 15.2. The number of imidazole rings is 1. The predicted octanol–water partition coefficient (Wildman–Crippen LogP) is 2.00. The van der Waals surface area contributed by atoms with E-state index in [1.165, 1.54) is 0 Å². The van der Waals surface area contributed by atoms with Gasteiger partial charge < -0.3 is 9.47 Å². The average Bonchev–Trinajstić information content (AvgIpc) is 3.10. The molecule has 1 aromatic heterocycles. The molecule has 1 saturated heterocycles. The van der Waals surface area contributed by atoms with Gasteiger partial charge >= 0.3 is 0 Å². The number of hydrogen-bond donors (Lipinski definition) is 0. The van der Waals surface area contributed by atoms with Crippen molar-refractivity contribution in [3.8, 4) is 0 Å². The number of nitrogens with zero attached hydrogens (tertiary/aromatic N) is 4. The molecule has 26 heavy (non-hydrogen) atoms. The number of benzene rings is 1. The number of rotatable bonds is 7.